The van der Waals surface area contributed by atoms with Crippen LogP contribution < -0.4 is 24.7 Å². The summed E-state index contributed by atoms with van der Waals surface area (Å²) in [4.78, 5) is 11.0. The molecule has 0 saturated carbocycles. The molecule has 12 heteroatoms. The minimum atomic E-state index is -4.77. The number of methoxy groups -OCH3 is 1. The van der Waals surface area contributed by atoms with E-state index in [-0.39, 0.29) is 41.2 Å². The SMILES string of the molecule is COc1ccc(OCc2ccc(OC(F)(F)F)cc2)c(COc2c(Cl)cc(C[C@H](N)C(=O)O)cc2Cl)c1. The van der Waals surface area contributed by atoms with Crippen LogP contribution in [0.2, 0.25) is 10.0 Å². The van der Waals surface area contributed by atoms with E-state index in [9.17, 15) is 18.0 Å². The van der Waals surface area contributed by atoms with E-state index >= 15 is 0 Å². The van der Waals surface area contributed by atoms with Gasteiger partial charge in [0.1, 0.15) is 36.5 Å². The van der Waals surface area contributed by atoms with Gasteiger partial charge >= 0.3 is 12.3 Å². The number of nitrogens with two attached hydrogens (primary N) is 1. The maximum atomic E-state index is 12.3. The summed E-state index contributed by atoms with van der Waals surface area (Å²) in [7, 11) is 1.50. The van der Waals surface area contributed by atoms with Crippen molar-refractivity contribution in [3.05, 3.63) is 81.3 Å². The van der Waals surface area contributed by atoms with Crippen LogP contribution in [0.25, 0.3) is 0 Å². The van der Waals surface area contributed by atoms with E-state index < -0.39 is 18.4 Å². The molecule has 7 nitrogen and oxygen atoms in total. The van der Waals surface area contributed by atoms with Crippen LogP contribution >= 0.6 is 23.2 Å². The smallest absolute Gasteiger partial charge is 0.497 e. The Morgan fingerprint density at radius 1 is 0.946 bits per heavy atom. The van der Waals surface area contributed by atoms with Crippen molar-refractivity contribution in [2.45, 2.75) is 32.0 Å². The molecule has 0 saturated heterocycles. The average Bonchev–Trinajstić information content (AvgIpc) is 2.82. The number of carboxylic acid groups (broad SMARTS) is 1. The van der Waals surface area contributed by atoms with Crippen molar-refractivity contribution < 1.29 is 42.0 Å². The fraction of sp³-hybridized carbons (Fsp3) is 0.240. The quantitative estimate of drug-likeness (QED) is 0.296. The van der Waals surface area contributed by atoms with E-state index in [0.29, 0.717) is 28.2 Å². The summed E-state index contributed by atoms with van der Waals surface area (Å²) in [6, 6.07) is 12.3. The number of carboxylic acids is 1. The monoisotopic (exact) mass is 559 g/mol. The molecule has 198 valence electrons. The zero-order valence-electron chi connectivity index (χ0n) is 19.4. The molecule has 0 aliphatic carbocycles. The van der Waals surface area contributed by atoms with Gasteiger partial charge in [-0.05, 0) is 60.0 Å². The van der Waals surface area contributed by atoms with Gasteiger partial charge in [0.2, 0.25) is 0 Å². The Balaban J connectivity index is 1.72. The van der Waals surface area contributed by atoms with Gasteiger partial charge in [-0.15, -0.1) is 13.2 Å². The summed E-state index contributed by atoms with van der Waals surface area (Å²) >= 11 is 12.6. The maximum absolute atomic E-state index is 12.3. The summed E-state index contributed by atoms with van der Waals surface area (Å²) in [5, 5.41) is 9.35. The predicted molar refractivity (Wildman–Crippen MR) is 131 cm³/mol. The van der Waals surface area contributed by atoms with Crippen molar-refractivity contribution in [1.29, 1.82) is 0 Å². The van der Waals surface area contributed by atoms with Crippen LogP contribution in [-0.2, 0) is 24.4 Å². The van der Waals surface area contributed by atoms with E-state index in [2.05, 4.69) is 4.74 Å². The van der Waals surface area contributed by atoms with Crippen molar-refractivity contribution in [2.24, 2.45) is 5.73 Å². The Kier molecular flexibility index (Phi) is 9.36. The van der Waals surface area contributed by atoms with Crippen LogP contribution in [0, 0.1) is 0 Å². The Morgan fingerprint density at radius 3 is 2.14 bits per heavy atom. The van der Waals surface area contributed by atoms with Crippen molar-refractivity contribution in [1.82, 2.24) is 0 Å². The standard InChI is InChI=1S/C25H22Cl2F3NO6/c1-34-18-6-7-22(35-12-14-2-4-17(5-3-14)37-25(28,29)30)16(11-18)13-36-23-19(26)8-15(9-20(23)27)10-21(31)24(32)33/h2-9,11,21H,10,12-13,31H2,1H3,(H,32,33)/t21-/m0/s1. The van der Waals surface area contributed by atoms with Gasteiger partial charge in [0.05, 0.1) is 17.2 Å². The second kappa shape index (κ2) is 12.3. The fourth-order valence-electron chi connectivity index (χ4n) is 3.24. The highest BCUT2D eigenvalue weighted by Gasteiger charge is 2.31. The van der Waals surface area contributed by atoms with Gasteiger partial charge < -0.3 is 29.8 Å². The lowest BCUT2D eigenvalue weighted by Gasteiger charge is -2.16. The predicted octanol–water partition coefficient (Wildman–Crippen LogP) is 6.01. The Hall–Kier alpha value is -3.34. The maximum Gasteiger partial charge on any atom is 0.573 e. The molecule has 0 heterocycles. The molecule has 0 radical (unpaired) electrons. The number of halogens is 5. The van der Waals surface area contributed by atoms with Gasteiger partial charge in [0.25, 0.3) is 0 Å². The van der Waals surface area contributed by atoms with Gasteiger partial charge in [0, 0.05) is 5.56 Å². The second-order valence-corrected chi connectivity index (χ2v) is 8.59. The lowest BCUT2D eigenvalue weighted by molar-refractivity contribution is -0.274. The molecule has 0 aromatic heterocycles. The van der Waals surface area contributed by atoms with E-state index in [0.717, 1.165) is 0 Å². The minimum absolute atomic E-state index is 0.0156. The van der Waals surface area contributed by atoms with Crippen LogP contribution in [-0.4, -0.2) is 30.6 Å². The molecule has 37 heavy (non-hydrogen) atoms. The number of carbonyl (C=O) groups is 1. The number of aliphatic carboxylic acids is 1. The Labute approximate surface area is 220 Å². The number of benzene rings is 3. The minimum Gasteiger partial charge on any atom is -0.497 e. The highest BCUT2D eigenvalue weighted by Crippen LogP contribution is 2.36. The number of rotatable bonds is 11. The molecule has 3 aromatic carbocycles. The molecule has 0 bridgehead atoms. The van der Waals surface area contributed by atoms with Gasteiger partial charge in [-0.3, -0.25) is 4.79 Å². The zero-order valence-corrected chi connectivity index (χ0v) is 20.9. The molecule has 0 fully saturated rings. The Morgan fingerprint density at radius 2 is 1.57 bits per heavy atom. The average molecular weight is 560 g/mol. The summed E-state index contributed by atoms with van der Waals surface area (Å²) < 4.78 is 57.9. The third-order valence-electron chi connectivity index (χ3n) is 5.02. The summed E-state index contributed by atoms with van der Waals surface area (Å²) in [6.07, 6.45) is -4.74. The van der Waals surface area contributed by atoms with Crippen molar-refractivity contribution in [3.8, 4) is 23.0 Å². The van der Waals surface area contributed by atoms with Crippen LogP contribution in [0.5, 0.6) is 23.0 Å². The summed E-state index contributed by atoms with van der Waals surface area (Å²) in [6.45, 7) is 0.0456. The highest BCUT2D eigenvalue weighted by atomic mass is 35.5. The Bertz CT molecular complexity index is 1220. The molecule has 0 aliphatic rings. The first-order chi connectivity index (χ1) is 17.4. The first kappa shape index (κ1) is 28.2. The topological polar surface area (TPSA) is 100 Å². The van der Waals surface area contributed by atoms with E-state index in [1.807, 2.05) is 0 Å². The highest BCUT2D eigenvalue weighted by molar-refractivity contribution is 6.37. The summed E-state index contributed by atoms with van der Waals surface area (Å²) in [5.74, 6) is -0.323. The molecule has 3 N–H and O–H groups in total. The zero-order chi connectivity index (χ0) is 27.2. The third-order valence-corrected chi connectivity index (χ3v) is 5.58. The molecule has 3 aromatic rings. The van der Waals surface area contributed by atoms with Gasteiger partial charge in [0.15, 0.2) is 5.75 Å². The largest absolute Gasteiger partial charge is 0.573 e. The lowest BCUT2D eigenvalue weighted by atomic mass is 10.1. The number of hydrogen-bond acceptors (Lipinski definition) is 6. The van der Waals surface area contributed by atoms with Gasteiger partial charge in [-0.2, -0.15) is 0 Å². The molecule has 0 unspecified atom stereocenters. The first-order valence-electron chi connectivity index (χ1n) is 10.7. The fourth-order valence-corrected chi connectivity index (χ4v) is 3.89. The van der Waals surface area contributed by atoms with Gasteiger partial charge in [-0.25, -0.2) is 0 Å². The lowest BCUT2D eigenvalue weighted by Crippen LogP contribution is -2.32. The molecular weight excluding hydrogens is 538 g/mol. The van der Waals surface area contributed by atoms with E-state index in [1.165, 1.54) is 43.5 Å². The van der Waals surface area contributed by atoms with Crippen molar-refractivity contribution >= 4 is 29.2 Å². The number of alkyl halides is 3. The van der Waals surface area contributed by atoms with Crippen molar-refractivity contribution in [3.63, 3.8) is 0 Å². The number of hydrogen-bond donors (Lipinski definition) is 2. The van der Waals surface area contributed by atoms with Crippen molar-refractivity contribution in [2.75, 3.05) is 7.11 Å². The molecule has 3 rings (SSSR count). The first-order valence-corrected chi connectivity index (χ1v) is 11.4. The molecular formula is C25H22Cl2F3NO6. The van der Waals surface area contributed by atoms with E-state index in [4.69, 9.17) is 48.3 Å². The normalized spacial score (nSPS) is 12.1. The van der Waals surface area contributed by atoms with Crippen LogP contribution in [0.3, 0.4) is 0 Å². The number of ether oxygens (including phenoxy) is 4. The summed E-state index contributed by atoms with van der Waals surface area (Å²) in [5.41, 5.74) is 7.30. The van der Waals surface area contributed by atoms with Gasteiger partial charge in [-0.1, -0.05) is 35.3 Å². The van der Waals surface area contributed by atoms with Crippen LogP contribution in [0.1, 0.15) is 16.7 Å². The molecule has 0 aliphatic heterocycles. The second-order valence-electron chi connectivity index (χ2n) is 7.78. The third kappa shape index (κ3) is 8.34. The molecule has 1 atom stereocenters. The molecule has 0 spiro atoms. The van der Waals surface area contributed by atoms with Crippen LogP contribution in [0.4, 0.5) is 13.2 Å². The van der Waals surface area contributed by atoms with Crippen LogP contribution in [0.15, 0.2) is 54.6 Å². The molecule has 0 amide bonds. The van der Waals surface area contributed by atoms with E-state index in [1.54, 1.807) is 18.2 Å².